The Balaban J connectivity index is 1.84. The third-order valence-electron chi connectivity index (χ3n) is 2.76. The van der Waals surface area contributed by atoms with Crippen molar-refractivity contribution in [1.29, 1.82) is 0 Å². The predicted octanol–water partition coefficient (Wildman–Crippen LogP) is 2.53. The zero-order valence-corrected chi connectivity index (χ0v) is 13.5. The van der Waals surface area contributed by atoms with Crippen molar-refractivity contribution in [1.82, 2.24) is 0 Å². The van der Waals surface area contributed by atoms with Crippen molar-refractivity contribution in [3.05, 3.63) is 60.7 Å². The maximum atomic E-state index is 5.77. The second-order valence-corrected chi connectivity index (χ2v) is 6.68. The van der Waals surface area contributed by atoms with Crippen LogP contribution in [0.25, 0.3) is 0 Å². The molecule has 21 heavy (non-hydrogen) atoms. The Bertz CT molecular complexity index is 505. The Morgan fingerprint density at radius 3 is 2.33 bits per heavy atom. The molecule has 2 aromatic carbocycles. The van der Waals surface area contributed by atoms with Gasteiger partial charge in [0.1, 0.15) is 0 Å². The van der Waals surface area contributed by atoms with Gasteiger partial charge in [0.05, 0.1) is 0 Å². The van der Waals surface area contributed by atoms with Crippen molar-refractivity contribution in [2.24, 2.45) is 0 Å². The quantitative estimate of drug-likeness (QED) is 0.541. The Morgan fingerprint density at radius 1 is 1.00 bits per heavy atom. The average molecular weight is 345 g/mol. The first-order valence-corrected chi connectivity index (χ1v) is 8.86. The van der Waals surface area contributed by atoms with Crippen LogP contribution < -0.4 is 9.20 Å². The summed E-state index contributed by atoms with van der Waals surface area (Å²) in [6, 6.07) is 20.2. The van der Waals surface area contributed by atoms with Crippen molar-refractivity contribution < 1.29 is 9.47 Å². The van der Waals surface area contributed by atoms with Crippen LogP contribution in [-0.2, 0) is 4.74 Å². The van der Waals surface area contributed by atoms with Crippen molar-refractivity contribution in [3.8, 4) is 18.1 Å². The fourth-order valence-electron chi connectivity index (χ4n) is 1.72. The van der Waals surface area contributed by atoms with Crippen LogP contribution in [0.5, 0.6) is 5.75 Å². The summed E-state index contributed by atoms with van der Waals surface area (Å²) in [4.78, 5) is 0. The first-order valence-electron chi connectivity index (χ1n) is 6.79. The zero-order chi connectivity index (χ0) is 14.8. The van der Waals surface area contributed by atoms with E-state index in [0.717, 1.165) is 11.1 Å². The van der Waals surface area contributed by atoms with Gasteiger partial charge in [-0.05, 0) is 0 Å². The zero-order valence-electron chi connectivity index (χ0n) is 11.8. The molecule has 2 nitrogen and oxygen atoms in total. The Hall–Kier alpha value is -1.72. The van der Waals surface area contributed by atoms with Crippen molar-refractivity contribution in [2.45, 2.75) is 11.4 Å². The van der Waals surface area contributed by atoms with Crippen LogP contribution >= 0.6 is 0 Å². The number of rotatable bonds is 8. The van der Waals surface area contributed by atoms with Crippen LogP contribution in [-0.4, -0.2) is 34.3 Å². The molecule has 0 N–H and O–H groups in total. The van der Waals surface area contributed by atoms with Gasteiger partial charge in [0, 0.05) is 0 Å². The van der Waals surface area contributed by atoms with Gasteiger partial charge in [-0.25, -0.2) is 0 Å². The molecule has 0 aliphatic carbocycles. The van der Waals surface area contributed by atoms with E-state index in [1.807, 2.05) is 36.4 Å². The van der Waals surface area contributed by atoms with E-state index in [-0.39, 0.29) is 6.10 Å². The van der Waals surface area contributed by atoms with E-state index in [0.29, 0.717) is 28.2 Å². The first-order chi connectivity index (χ1) is 10.4. The minimum absolute atomic E-state index is 0.0291. The molecule has 0 spiro atoms. The summed E-state index contributed by atoms with van der Waals surface area (Å²) in [6.45, 7) is 0.855. The molecule has 0 aliphatic rings. The van der Waals surface area contributed by atoms with E-state index in [9.17, 15) is 0 Å². The number of para-hydroxylation sites is 1. The van der Waals surface area contributed by atoms with Gasteiger partial charge in [-0.3, -0.25) is 0 Å². The average Bonchev–Trinajstić information content (AvgIpc) is 2.56. The fraction of sp³-hybridized carbons (Fsp3) is 0.222. The Labute approximate surface area is 132 Å². The summed E-state index contributed by atoms with van der Waals surface area (Å²) in [5, 5.41) is 0.950. The molecule has 0 bridgehead atoms. The second kappa shape index (κ2) is 9.26. The van der Waals surface area contributed by atoms with E-state index < -0.39 is 0 Å². The monoisotopic (exact) mass is 346 g/mol. The molecule has 0 amide bonds. The number of benzene rings is 2. The summed E-state index contributed by atoms with van der Waals surface area (Å²) >= 11 is 0.362. The van der Waals surface area contributed by atoms with E-state index in [2.05, 4.69) is 30.2 Å². The first kappa shape index (κ1) is 15.7. The molecule has 0 aromatic heterocycles. The van der Waals surface area contributed by atoms with Gasteiger partial charge in [-0.1, -0.05) is 0 Å². The molecule has 0 saturated heterocycles. The van der Waals surface area contributed by atoms with E-state index in [1.165, 1.54) is 4.46 Å². The van der Waals surface area contributed by atoms with E-state index in [1.54, 1.807) is 0 Å². The molecule has 2 aromatic rings. The normalized spacial score (nSPS) is 11.6. The molecule has 2 rings (SSSR count). The minimum atomic E-state index is 0.0291. The molecular formula is C18H18O2Se. The van der Waals surface area contributed by atoms with Gasteiger partial charge in [-0.2, -0.15) is 0 Å². The molecule has 0 saturated carbocycles. The van der Waals surface area contributed by atoms with Crippen LogP contribution in [0.15, 0.2) is 60.7 Å². The number of terminal acetylenes is 1. The summed E-state index contributed by atoms with van der Waals surface area (Å²) in [6.07, 6.45) is 5.31. The van der Waals surface area contributed by atoms with Gasteiger partial charge in [0.15, 0.2) is 0 Å². The molecule has 3 heteroatoms. The molecular weight excluding hydrogens is 327 g/mol. The molecule has 0 radical (unpaired) electrons. The van der Waals surface area contributed by atoms with Gasteiger partial charge in [-0.15, -0.1) is 0 Å². The van der Waals surface area contributed by atoms with Crippen molar-refractivity contribution in [2.75, 3.05) is 13.2 Å². The Kier molecular flexibility index (Phi) is 6.91. The number of ether oxygens (including phenoxy) is 2. The SMILES string of the molecule is C#CCOC(COc1ccccc1)C[Se]c1ccccc1. The predicted molar refractivity (Wildman–Crippen MR) is 87.1 cm³/mol. The van der Waals surface area contributed by atoms with Crippen molar-refractivity contribution >= 4 is 19.4 Å². The standard InChI is InChI=1S/C18H18O2Se/c1-2-13-19-17(14-20-16-9-5-3-6-10-16)15-21-18-11-7-4-8-12-18/h1,3-12,17H,13-15H2. The number of hydrogen-bond donors (Lipinski definition) is 0. The summed E-state index contributed by atoms with van der Waals surface area (Å²) in [5.74, 6) is 3.38. The molecule has 0 fully saturated rings. The molecule has 1 atom stereocenters. The maximum absolute atomic E-state index is 5.77. The second-order valence-electron chi connectivity index (χ2n) is 4.39. The third-order valence-corrected chi connectivity index (χ3v) is 5.16. The van der Waals surface area contributed by atoms with Crippen molar-refractivity contribution in [3.63, 3.8) is 0 Å². The molecule has 108 valence electrons. The third kappa shape index (κ3) is 6.06. The van der Waals surface area contributed by atoms with Gasteiger partial charge >= 0.3 is 132 Å². The van der Waals surface area contributed by atoms with Gasteiger partial charge in [0.25, 0.3) is 0 Å². The van der Waals surface area contributed by atoms with Crippen LogP contribution in [0, 0.1) is 12.3 Å². The molecule has 0 aliphatic heterocycles. The van der Waals surface area contributed by atoms with Crippen LogP contribution in [0.1, 0.15) is 0 Å². The van der Waals surface area contributed by atoms with Gasteiger partial charge < -0.3 is 0 Å². The number of hydrogen-bond acceptors (Lipinski definition) is 2. The van der Waals surface area contributed by atoms with Crippen LogP contribution in [0.2, 0.25) is 5.32 Å². The molecule has 0 heterocycles. The summed E-state index contributed by atoms with van der Waals surface area (Å²) in [5.41, 5.74) is 0. The van der Waals surface area contributed by atoms with Crippen LogP contribution in [0.3, 0.4) is 0 Å². The fourth-order valence-corrected chi connectivity index (χ4v) is 3.65. The van der Waals surface area contributed by atoms with Gasteiger partial charge in [0.2, 0.25) is 0 Å². The van der Waals surface area contributed by atoms with E-state index >= 15 is 0 Å². The molecule has 1 unspecified atom stereocenters. The van der Waals surface area contributed by atoms with E-state index in [4.69, 9.17) is 15.9 Å². The topological polar surface area (TPSA) is 18.5 Å². The summed E-state index contributed by atoms with van der Waals surface area (Å²) < 4.78 is 12.8. The van der Waals surface area contributed by atoms with Crippen LogP contribution in [0.4, 0.5) is 0 Å². The summed E-state index contributed by atoms with van der Waals surface area (Å²) in [7, 11) is 0. The Morgan fingerprint density at radius 2 is 1.67 bits per heavy atom.